The minimum absolute atomic E-state index is 0.309. The van der Waals surface area contributed by atoms with Crippen molar-refractivity contribution in [3.8, 4) is 0 Å². The topological polar surface area (TPSA) is 41.6 Å². The summed E-state index contributed by atoms with van der Waals surface area (Å²) in [6.07, 6.45) is 2.81. The second-order valence-corrected chi connectivity index (χ2v) is 4.55. The molecule has 0 aromatic rings. The van der Waals surface area contributed by atoms with Crippen LogP contribution in [0.15, 0.2) is 0 Å². The average Bonchev–Trinajstić information content (AvgIpc) is 2.86. The van der Waals surface area contributed by atoms with Gasteiger partial charge in [-0.05, 0) is 25.8 Å². The standard InChI is InChI=1S/C11H20N2O2/c1-12-10-2-4-13(7-10)11(14)6-9-3-5-15-8-9/h9-10,12H,2-8H2,1H3/t9-,10?/m0/s1. The Morgan fingerprint density at radius 3 is 3.00 bits per heavy atom. The van der Waals surface area contributed by atoms with Crippen LogP contribution in [0.4, 0.5) is 0 Å². The summed E-state index contributed by atoms with van der Waals surface area (Å²) >= 11 is 0. The predicted molar refractivity (Wildman–Crippen MR) is 57.6 cm³/mol. The van der Waals surface area contributed by atoms with Crippen molar-refractivity contribution in [2.24, 2.45) is 5.92 Å². The second-order valence-electron chi connectivity index (χ2n) is 4.55. The fourth-order valence-electron chi connectivity index (χ4n) is 2.34. The van der Waals surface area contributed by atoms with Crippen LogP contribution in [0.3, 0.4) is 0 Å². The van der Waals surface area contributed by atoms with Gasteiger partial charge in [0.15, 0.2) is 0 Å². The van der Waals surface area contributed by atoms with Gasteiger partial charge in [0.05, 0.1) is 0 Å². The number of hydrogen-bond donors (Lipinski definition) is 1. The van der Waals surface area contributed by atoms with E-state index in [1.165, 1.54) is 0 Å². The lowest BCUT2D eigenvalue weighted by molar-refractivity contribution is -0.131. The molecule has 0 radical (unpaired) electrons. The molecule has 1 unspecified atom stereocenters. The highest BCUT2D eigenvalue weighted by Gasteiger charge is 2.27. The van der Waals surface area contributed by atoms with E-state index in [-0.39, 0.29) is 0 Å². The lowest BCUT2D eigenvalue weighted by Crippen LogP contribution is -2.34. The fraction of sp³-hybridized carbons (Fsp3) is 0.909. The van der Waals surface area contributed by atoms with E-state index < -0.39 is 0 Å². The molecule has 0 aromatic heterocycles. The third-order valence-electron chi connectivity index (χ3n) is 3.44. The third-order valence-corrected chi connectivity index (χ3v) is 3.44. The van der Waals surface area contributed by atoms with Crippen LogP contribution in [0.1, 0.15) is 19.3 Å². The van der Waals surface area contributed by atoms with Gasteiger partial charge in [-0.15, -0.1) is 0 Å². The van der Waals surface area contributed by atoms with Crippen molar-refractivity contribution in [2.75, 3.05) is 33.4 Å². The first-order valence-electron chi connectivity index (χ1n) is 5.82. The summed E-state index contributed by atoms with van der Waals surface area (Å²) in [5, 5.41) is 3.22. The Bertz CT molecular complexity index is 227. The molecule has 2 rings (SSSR count). The average molecular weight is 212 g/mol. The first-order valence-corrected chi connectivity index (χ1v) is 5.82. The number of likely N-dealkylation sites (tertiary alicyclic amines) is 1. The molecule has 4 nitrogen and oxygen atoms in total. The van der Waals surface area contributed by atoms with Gasteiger partial charge >= 0.3 is 0 Å². The maximum atomic E-state index is 11.9. The Hall–Kier alpha value is -0.610. The Balaban J connectivity index is 1.76. The Kier molecular flexibility index (Phi) is 3.59. The van der Waals surface area contributed by atoms with Crippen LogP contribution < -0.4 is 5.32 Å². The molecule has 0 spiro atoms. The lowest BCUT2D eigenvalue weighted by atomic mass is 10.0. The molecule has 1 amide bonds. The molecule has 2 fully saturated rings. The molecule has 1 N–H and O–H groups in total. The van der Waals surface area contributed by atoms with E-state index in [4.69, 9.17) is 4.74 Å². The van der Waals surface area contributed by atoms with E-state index >= 15 is 0 Å². The van der Waals surface area contributed by atoms with Gasteiger partial charge in [-0.1, -0.05) is 0 Å². The van der Waals surface area contributed by atoms with Crippen LogP contribution in [0.2, 0.25) is 0 Å². The Morgan fingerprint density at radius 2 is 2.40 bits per heavy atom. The molecule has 2 aliphatic heterocycles. The van der Waals surface area contributed by atoms with Crippen LogP contribution in [0, 0.1) is 5.92 Å². The van der Waals surface area contributed by atoms with Crippen molar-refractivity contribution < 1.29 is 9.53 Å². The van der Waals surface area contributed by atoms with E-state index in [1.807, 2.05) is 11.9 Å². The number of nitrogens with zero attached hydrogens (tertiary/aromatic N) is 1. The fourth-order valence-corrected chi connectivity index (χ4v) is 2.34. The summed E-state index contributed by atoms with van der Waals surface area (Å²) in [5.74, 6) is 0.773. The zero-order valence-corrected chi connectivity index (χ0v) is 9.37. The van der Waals surface area contributed by atoms with E-state index in [2.05, 4.69) is 5.32 Å². The minimum atomic E-state index is 0.309. The molecule has 0 saturated carbocycles. The second kappa shape index (κ2) is 4.94. The van der Waals surface area contributed by atoms with Gasteiger partial charge in [-0.3, -0.25) is 4.79 Å². The monoisotopic (exact) mass is 212 g/mol. The lowest BCUT2D eigenvalue weighted by Gasteiger charge is -2.18. The summed E-state index contributed by atoms with van der Waals surface area (Å²) in [6.45, 7) is 3.40. The van der Waals surface area contributed by atoms with Gasteiger partial charge < -0.3 is 15.0 Å². The van der Waals surface area contributed by atoms with Crippen LogP contribution >= 0.6 is 0 Å². The van der Waals surface area contributed by atoms with Crippen molar-refractivity contribution in [3.63, 3.8) is 0 Å². The van der Waals surface area contributed by atoms with Gasteiger partial charge in [-0.2, -0.15) is 0 Å². The SMILES string of the molecule is CNC1CCN(C(=O)C[C@@H]2CCOC2)C1. The predicted octanol–water partition coefficient (Wildman–Crippen LogP) is 0.233. The number of nitrogens with one attached hydrogen (secondary N) is 1. The van der Waals surface area contributed by atoms with Gasteiger partial charge in [0, 0.05) is 38.8 Å². The molecule has 86 valence electrons. The number of amides is 1. The van der Waals surface area contributed by atoms with Crippen LogP contribution in [-0.2, 0) is 9.53 Å². The molecule has 2 heterocycles. The molecule has 0 aliphatic carbocycles. The maximum Gasteiger partial charge on any atom is 0.222 e. The van der Waals surface area contributed by atoms with E-state index in [0.29, 0.717) is 24.3 Å². The number of carbonyl (C=O) groups excluding carboxylic acids is 1. The number of carbonyl (C=O) groups is 1. The van der Waals surface area contributed by atoms with Gasteiger partial charge in [0.25, 0.3) is 0 Å². The third kappa shape index (κ3) is 2.69. The van der Waals surface area contributed by atoms with E-state index in [9.17, 15) is 4.79 Å². The summed E-state index contributed by atoms with van der Waals surface area (Å²) in [7, 11) is 1.96. The van der Waals surface area contributed by atoms with E-state index in [0.717, 1.165) is 39.1 Å². The minimum Gasteiger partial charge on any atom is -0.381 e. The van der Waals surface area contributed by atoms with Crippen LogP contribution in [-0.4, -0.2) is 50.2 Å². The Morgan fingerprint density at radius 1 is 1.53 bits per heavy atom. The summed E-state index contributed by atoms with van der Waals surface area (Å²) < 4.78 is 5.28. The quantitative estimate of drug-likeness (QED) is 0.728. The molecule has 0 bridgehead atoms. The van der Waals surface area contributed by atoms with Crippen molar-refractivity contribution in [3.05, 3.63) is 0 Å². The molecule has 2 aliphatic rings. The highest BCUT2D eigenvalue weighted by molar-refractivity contribution is 5.76. The zero-order valence-electron chi connectivity index (χ0n) is 9.37. The highest BCUT2D eigenvalue weighted by atomic mass is 16.5. The summed E-state index contributed by atoms with van der Waals surface area (Å²) in [6, 6.07) is 0.494. The number of rotatable bonds is 3. The molecule has 0 aromatic carbocycles. The van der Waals surface area contributed by atoms with E-state index in [1.54, 1.807) is 0 Å². The molecule has 15 heavy (non-hydrogen) atoms. The molecule has 2 saturated heterocycles. The van der Waals surface area contributed by atoms with Crippen molar-refractivity contribution in [2.45, 2.75) is 25.3 Å². The van der Waals surface area contributed by atoms with Gasteiger partial charge in [-0.25, -0.2) is 0 Å². The van der Waals surface area contributed by atoms with Crippen molar-refractivity contribution in [1.82, 2.24) is 10.2 Å². The normalized spacial score (nSPS) is 31.1. The number of ether oxygens (including phenoxy) is 1. The van der Waals surface area contributed by atoms with Gasteiger partial charge in [0.2, 0.25) is 5.91 Å². The molecular formula is C11H20N2O2. The number of likely N-dealkylation sites (N-methyl/N-ethyl adjacent to an activating group) is 1. The highest BCUT2D eigenvalue weighted by Crippen LogP contribution is 2.19. The Labute approximate surface area is 91.0 Å². The maximum absolute atomic E-state index is 11.9. The van der Waals surface area contributed by atoms with Crippen LogP contribution in [0.5, 0.6) is 0 Å². The molecule has 4 heteroatoms. The summed E-state index contributed by atoms with van der Waals surface area (Å²) in [5.41, 5.74) is 0. The van der Waals surface area contributed by atoms with Crippen molar-refractivity contribution >= 4 is 5.91 Å². The first kappa shape index (κ1) is 10.9. The molecule has 2 atom stereocenters. The first-order chi connectivity index (χ1) is 7.29. The summed E-state index contributed by atoms with van der Waals surface area (Å²) in [4.78, 5) is 13.9. The molecular weight excluding hydrogens is 192 g/mol. The van der Waals surface area contributed by atoms with Gasteiger partial charge in [0.1, 0.15) is 0 Å². The smallest absolute Gasteiger partial charge is 0.222 e. The van der Waals surface area contributed by atoms with Crippen molar-refractivity contribution in [1.29, 1.82) is 0 Å². The zero-order chi connectivity index (χ0) is 10.7. The largest absolute Gasteiger partial charge is 0.381 e. The number of hydrogen-bond acceptors (Lipinski definition) is 3. The van der Waals surface area contributed by atoms with Crippen LogP contribution in [0.25, 0.3) is 0 Å².